The third-order valence-corrected chi connectivity index (χ3v) is 7.62. The Kier molecular flexibility index (Phi) is 14.4. The lowest BCUT2D eigenvalue weighted by atomic mass is 9.85. The summed E-state index contributed by atoms with van der Waals surface area (Å²) in [5.74, 6) is -1.94. The summed E-state index contributed by atoms with van der Waals surface area (Å²) in [6.07, 6.45) is 4.77. The summed E-state index contributed by atoms with van der Waals surface area (Å²) in [4.78, 5) is 34.9. The first-order chi connectivity index (χ1) is 18.5. The van der Waals surface area contributed by atoms with Gasteiger partial charge in [0.2, 0.25) is 0 Å². The van der Waals surface area contributed by atoms with Gasteiger partial charge in [0.1, 0.15) is 6.10 Å². The molecule has 10 heteroatoms. The average molecular weight is 557 g/mol. The molecule has 0 spiro atoms. The van der Waals surface area contributed by atoms with Crippen LogP contribution in [0.3, 0.4) is 0 Å². The van der Waals surface area contributed by atoms with Crippen LogP contribution in [-0.4, -0.2) is 83.1 Å². The number of carboxylic acid groups (broad SMARTS) is 1. The molecule has 0 aromatic carbocycles. The predicted octanol–water partition coefficient (Wildman–Crippen LogP) is 3.55. The molecule has 2 saturated heterocycles. The number of carboxylic acids is 1. The minimum absolute atomic E-state index is 0.0129. The minimum Gasteiger partial charge on any atom is -0.481 e. The molecule has 0 aliphatic carbocycles. The van der Waals surface area contributed by atoms with Crippen molar-refractivity contribution < 1.29 is 48.7 Å². The Morgan fingerprint density at radius 3 is 2.36 bits per heavy atom. The Morgan fingerprint density at radius 2 is 1.72 bits per heavy atom. The number of rotatable bonds is 18. The molecular weight excluding hydrogens is 508 g/mol. The van der Waals surface area contributed by atoms with Crippen molar-refractivity contribution in [3.05, 3.63) is 11.6 Å². The predicted molar refractivity (Wildman–Crippen MR) is 143 cm³/mol. The summed E-state index contributed by atoms with van der Waals surface area (Å²) in [6.45, 7) is 7.71. The average Bonchev–Trinajstić information content (AvgIpc) is 3.64. The molecule has 0 amide bonds. The molecule has 2 heterocycles. The van der Waals surface area contributed by atoms with Gasteiger partial charge in [0.05, 0.1) is 37.6 Å². The van der Waals surface area contributed by atoms with Crippen molar-refractivity contribution >= 4 is 17.9 Å². The van der Waals surface area contributed by atoms with Crippen molar-refractivity contribution in [1.29, 1.82) is 0 Å². The number of aliphatic carboxylic acids is 1. The smallest absolute Gasteiger partial charge is 0.330 e. The molecule has 8 atom stereocenters. The van der Waals surface area contributed by atoms with E-state index in [1.807, 2.05) is 6.92 Å². The van der Waals surface area contributed by atoms with E-state index in [4.69, 9.17) is 24.1 Å². The Labute approximate surface area is 232 Å². The molecule has 39 heavy (non-hydrogen) atoms. The Bertz CT molecular complexity index is 810. The van der Waals surface area contributed by atoms with Crippen molar-refractivity contribution in [2.45, 2.75) is 129 Å². The quantitative estimate of drug-likeness (QED) is 0.0989. The van der Waals surface area contributed by atoms with Crippen LogP contribution in [0.1, 0.15) is 91.9 Å². The fourth-order valence-electron chi connectivity index (χ4n) is 4.95. The molecule has 2 rings (SSSR count). The van der Waals surface area contributed by atoms with Crippen LogP contribution in [0.15, 0.2) is 11.6 Å². The van der Waals surface area contributed by atoms with Gasteiger partial charge >= 0.3 is 17.9 Å². The molecular formula is C29H48O10. The van der Waals surface area contributed by atoms with Gasteiger partial charge in [-0.15, -0.1) is 0 Å². The first-order valence-corrected chi connectivity index (χ1v) is 14.4. The molecule has 0 radical (unpaired) electrons. The molecule has 224 valence electrons. The SMILES string of the molecule is CCC(=O)O[C@@H]1[C@H](O)[C@@H](C[C@@H]2O[C@H]2[C@@H](C)[C@H](C)O)CO[C@H]1C/C(C)=C/C(=O)OCCCCCCCCC(=O)O. The normalized spacial score (nSPS) is 28.4. The van der Waals surface area contributed by atoms with Crippen LogP contribution in [0.25, 0.3) is 0 Å². The summed E-state index contributed by atoms with van der Waals surface area (Å²) in [7, 11) is 0. The number of esters is 2. The van der Waals surface area contributed by atoms with Gasteiger partial charge < -0.3 is 34.3 Å². The van der Waals surface area contributed by atoms with E-state index < -0.39 is 42.3 Å². The number of aliphatic hydroxyl groups excluding tert-OH is 2. The van der Waals surface area contributed by atoms with Crippen LogP contribution in [-0.2, 0) is 33.3 Å². The summed E-state index contributed by atoms with van der Waals surface area (Å²) >= 11 is 0. The van der Waals surface area contributed by atoms with Crippen molar-refractivity contribution in [2.75, 3.05) is 13.2 Å². The summed E-state index contributed by atoms with van der Waals surface area (Å²) < 4.78 is 22.7. The fraction of sp³-hybridized carbons (Fsp3) is 0.828. The Hall–Kier alpha value is -2.01. The van der Waals surface area contributed by atoms with E-state index in [1.54, 1.807) is 20.8 Å². The summed E-state index contributed by atoms with van der Waals surface area (Å²) in [5, 5.41) is 29.6. The lowest BCUT2D eigenvalue weighted by molar-refractivity contribution is -0.196. The van der Waals surface area contributed by atoms with E-state index in [-0.39, 0.29) is 43.5 Å². The first-order valence-electron chi connectivity index (χ1n) is 14.4. The van der Waals surface area contributed by atoms with Crippen LogP contribution in [0.5, 0.6) is 0 Å². The van der Waals surface area contributed by atoms with Gasteiger partial charge in [0, 0.05) is 30.8 Å². The van der Waals surface area contributed by atoms with Crippen LogP contribution < -0.4 is 0 Å². The molecule has 0 aromatic rings. The lowest BCUT2D eigenvalue weighted by Crippen LogP contribution is -2.52. The standard InChI is InChI=1S/C29H48O10/c1-5-25(33)39-29-22(37-17-21(27(29)35)16-23-28(38-23)19(3)20(4)30)14-18(2)15-26(34)36-13-11-9-7-6-8-10-12-24(31)32/h15,19-23,27-30,35H,5-14,16-17H2,1-4H3,(H,31,32)/b18-15+/t19-,20-,21-,22-,23-,27+,28-,29-/m0/s1. The van der Waals surface area contributed by atoms with Crippen LogP contribution in [0.2, 0.25) is 0 Å². The molecule has 3 N–H and O–H groups in total. The van der Waals surface area contributed by atoms with Crippen molar-refractivity contribution in [2.24, 2.45) is 11.8 Å². The summed E-state index contributed by atoms with van der Waals surface area (Å²) in [6, 6.07) is 0. The second-order valence-corrected chi connectivity index (χ2v) is 11.0. The van der Waals surface area contributed by atoms with E-state index in [0.29, 0.717) is 31.4 Å². The highest BCUT2D eigenvalue weighted by atomic mass is 16.6. The number of carbonyl (C=O) groups excluding carboxylic acids is 2. The second kappa shape index (κ2) is 16.9. The van der Waals surface area contributed by atoms with E-state index in [1.165, 1.54) is 6.08 Å². The Morgan fingerprint density at radius 1 is 1.05 bits per heavy atom. The molecule has 2 fully saturated rings. The lowest BCUT2D eigenvalue weighted by Gasteiger charge is -2.40. The summed E-state index contributed by atoms with van der Waals surface area (Å²) in [5.41, 5.74) is 0.697. The van der Waals surface area contributed by atoms with Crippen molar-refractivity contribution in [1.82, 2.24) is 0 Å². The van der Waals surface area contributed by atoms with Crippen LogP contribution in [0.4, 0.5) is 0 Å². The number of aliphatic hydroxyl groups is 2. The molecule has 2 aliphatic heterocycles. The van der Waals surface area contributed by atoms with Crippen LogP contribution in [0, 0.1) is 11.8 Å². The zero-order valence-electron chi connectivity index (χ0n) is 23.9. The number of epoxide rings is 1. The van der Waals surface area contributed by atoms with E-state index in [9.17, 15) is 24.6 Å². The van der Waals surface area contributed by atoms with Crippen molar-refractivity contribution in [3.63, 3.8) is 0 Å². The van der Waals surface area contributed by atoms with Gasteiger partial charge in [-0.25, -0.2) is 4.79 Å². The number of unbranched alkanes of at least 4 members (excludes halogenated alkanes) is 5. The van der Waals surface area contributed by atoms with Gasteiger partial charge in [-0.1, -0.05) is 45.1 Å². The number of ether oxygens (including phenoxy) is 4. The zero-order valence-corrected chi connectivity index (χ0v) is 23.9. The fourth-order valence-corrected chi connectivity index (χ4v) is 4.95. The second-order valence-electron chi connectivity index (χ2n) is 11.0. The van der Waals surface area contributed by atoms with Gasteiger partial charge in [0.15, 0.2) is 6.10 Å². The Balaban J connectivity index is 1.79. The van der Waals surface area contributed by atoms with E-state index in [0.717, 1.165) is 32.1 Å². The van der Waals surface area contributed by atoms with Gasteiger partial charge in [-0.05, 0) is 39.5 Å². The molecule has 0 saturated carbocycles. The zero-order chi connectivity index (χ0) is 28.9. The number of hydrogen-bond donors (Lipinski definition) is 3. The third kappa shape index (κ3) is 11.9. The van der Waals surface area contributed by atoms with E-state index >= 15 is 0 Å². The van der Waals surface area contributed by atoms with Crippen molar-refractivity contribution in [3.8, 4) is 0 Å². The van der Waals surface area contributed by atoms with Gasteiger partial charge in [0.25, 0.3) is 0 Å². The molecule has 0 bridgehead atoms. The minimum atomic E-state index is -0.935. The van der Waals surface area contributed by atoms with E-state index in [2.05, 4.69) is 0 Å². The third-order valence-electron chi connectivity index (χ3n) is 7.62. The number of carbonyl (C=O) groups is 3. The topological polar surface area (TPSA) is 152 Å². The highest BCUT2D eigenvalue weighted by Gasteiger charge is 2.49. The highest BCUT2D eigenvalue weighted by molar-refractivity contribution is 5.82. The maximum atomic E-state index is 12.3. The largest absolute Gasteiger partial charge is 0.481 e. The monoisotopic (exact) mass is 556 g/mol. The highest BCUT2D eigenvalue weighted by Crippen LogP contribution is 2.39. The van der Waals surface area contributed by atoms with Gasteiger partial charge in [-0.2, -0.15) is 0 Å². The maximum Gasteiger partial charge on any atom is 0.330 e. The molecule has 10 nitrogen and oxygen atoms in total. The molecule has 0 unspecified atom stereocenters. The first kappa shape index (κ1) is 33.2. The molecule has 2 aliphatic rings. The molecule has 0 aromatic heterocycles. The van der Waals surface area contributed by atoms with Gasteiger partial charge in [-0.3, -0.25) is 9.59 Å². The maximum absolute atomic E-state index is 12.3. The van der Waals surface area contributed by atoms with Crippen LogP contribution >= 0.6 is 0 Å². The number of hydrogen-bond acceptors (Lipinski definition) is 9.